The Morgan fingerprint density at radius 2 is 1.48 bits per heavy atom. The Bertz CT molecular complexity index is 1300. The van der Waals surface area contributed by atoms with Crippen molar-refractivity contribution in [3.8, 4) is 0 Å². The largest absolute Gasteiger partial charge is 0.465 e. The summed E-state index contributed by atoms with van der Waals surface area (Å²) in [5.41, 5.74) is 1.72. The number of piperidine rings is 1. The van der Waals surface area contributed by atoms with E-state index in [1.807, 2.05) is 67.6 Å². The van der Waals surface area contributed by atoms with Gasteiger partial charge in [-0.2, -0.15) is 0 Å². The molecule has 0 radical (unpaired) electrons. The van der Waals surface area contributed by atoms with Crippen LogP contribution in [-0.2, 0) is 25.2 Å². The van der Waals surface area contributed by atoms with Gasteiger partial charge in [0.2, 0.25) is 5.91 Å². The lowest BCUT2D eigenvalue weighted by Crippen LogP contribution is -2.49. The Morgan fingerprint density at radius 1 is 0.905 bits per heavy atom. The molecule has 2 aliphatic heterocycles. The summed E-state index contributed by atoms with van der Waals surface area (Å²) < 4.78 is 5.73. The smallest absolute Gasteiger partial charge is 0.316 e. The number of rotatable bonds is 10. The first-order valence-corrected chi connectivity index (χ1v) is 15.8. The van der Waals surface area contributed by atoms with Crippen LogP contribution in [0.3, 0.4) is 0 Å². The van der Waals surface area contributed by atoms with Crippen molar-refractivity contribution in [1.82, 2.24) is 9.80 Å². The van der Waals surface area contributed by atoms with Crippen molar-refractivity contribution in [3.05, 3.63) is 107 Å². The first-order valence-electron chi connectivity index (χ1n) is 15.4. The van der Waals surface area contributed by atoms with Crippen molar-refractivity contribution in [2.24, 2.45) is 5.92 Å². The molecule has 2 saturated heterocycles. The molecule has 42 heavy (non-hydrogen) atoms. The molecule has 0 aromatic heterocycles. The van der Waals surface area contributed by atoms with Gasteiger partial charge in [-0.3, -0.25) is 9.59 Å². The van der Waals surface area contributed by atoms with Gasteiger partial charge in [0.15, 0.2) is 0 Å². The molecule has 2 fully saturated rings. The zero-order valence-corrected chi connectivity index (χ0v) is 25.9. The maximum absolute atomic E-state index is 14.4. The van der Waals surface area contributed by atoms with Crippen molar-refractivity contribution in [1.29, 1.82) is 0 Å². The zero-order chi connectivity index (χ0) is 29.7. The zero-order valence-electron chi connectivity index (χ0n) is 25.1. The number of esters is 1. The molecule has 2 heterocycles. The molecule has 0 bridgehead atoms. The first-order chi connectivity index (χ1) is 20.3. The van der Waals surface area contributed by atoms with Gasteiger partial charge < -0.3 is 14.5 Å². The molecule has 3 aromatic rings. The maximum atomic E-state index is 14.4. The predicted molar refractivity (Wildman–Crippen MR) is 169 cm³/mol. The van der Waals surface area contributed by atoms with Crippen molar-refractivity contribution in [3.63, 3.8) is 0 Å². The van der Waals surface area contributed by atoms with Crippen molar-refractivity contribution < 1.29 is 14.3 Å². The SMILES string of the molecule is CCCOC(=O)C1(c2ccc(Cl)cc2)CCN(CCC2CN(C(C)C)C(=O)C2(c2ccccc2)c2ccccc2)CC1. The molecule has 2 aliphatic rings. The third-order valence-electron chi connectivity index (χ3n) is 9.44. The van der Waals surface area contributed by atoms with Crippen LogP contribution in [0.4, 0.5) is 0 Å². The molecule has 6 heteroatoms. The molecule has 3 aromatic carbocycles. The summed E-state index contributed by atoms with van der Waals surface area (Å²) in [7, 11) is 0. The van der Waals surface area contributed by atoms with Crippen LogP contribution in [0.1, 0.15) is 63.1 Å². The number of hydrogen-bond donors (Lipinski definition) is 0. The number of carbonyl (C=O) groups is 2. The summed E-state index contributed by atoms with van der Waals surface area (Å²) in [6.07, 6.45) is 3.07. The molecule has 222 valence electrons. The molecule has 0 N–H and O–H groups in total. The van der Waals surface area contributed by atoms with E-state index in [4.69, 9.17) is 16.3 Å². The molecule has 1 amide bonds. The van der Waals surface area contributed by atoms with Crippen LogP contribution in [0.25, 0.3) is 0 Å². The molecule has 1 atom stereocenters. The molecule has 1 unspecified atom stereocenters. The van der Waals surface area contributed by atoms with Crippen molar-refractivity contribution in [2.75, 3.05) is 32.8 Å². The fourth-order valence-electron chi connectivity index (χ4n) is 7.11. The predicted octanol–water partition coefficient (Wildman–Crippen LogP) is 6.87. The van der Waals surface area contributed by atoms with Gasteiger partial charge >= 0.3 is 5.97 Å². The molecular formula is C36H43ClN2O3. The number of benzene rings is 3. The molecule has 5 nitrogen and oxygen atoms in total. The summed E-state index contributed by atoms with van der Waals surface area (Å²) in [6.45, 7) is 9.85. The standard InChI is InChI=1S/C36H43ClN2O3/c1-4-25-42-34(41)35(28-15-17-32(37)18-16-28)20-23-38(24-21-35)22-19-31-26-39(27(2)3)33(40)36(31,29-11-7-5-8-12-29)30-13-9-6-10-14-30/h5-18,27,31H,4,19-26H2,1-3H3. The van der Waals surface area contributed by atoms with Crippen molar-refractivity contribution in [2.45, 2.75) is 63.3 Å². The first kappa shape index (κ1) is 30.3. The molecule has 5 rings (SSSR count). The monoisotopic (exact) mass is 586 g/mol. The highest BCUT2D eigenvalue weighted by molar-refractivity contribution is 6.30. The Labute approximate surface area is 255 Å². The van der Waals surface area contributed by atoms with Crippen LogP contribution in [0.5, 0.6) is 0 Å². The van der Waals surface area contributed by atoms with E-state index in [1.54, 1.807) is 0 Å². The highest BCUT2D eigenvalue weighted by atomic mass is 35.5. The van der Waals surface area contributed by atoms with E-state index in [0.717, 1.165) is 55.7 Å². The lowest BCUT2D eigenvalue weighted by atomic mass is 9.66. The normalized spacial score (nSPS) is 20.2. The average molecular weight is 587 g/mol. The quantitative estimate of drug-likeness (QED) is 0.243. The van der Waals surface area contributed by atoms with Gasteiger partial charge in [-0.1, -0.05) is 91.3 Å². The molecule has 0 aliphatic carbocycles. The number of amides is 1. The average Bonchev–Trinajstić information content (AvgIpc) is 3.33. The highest BCUT2D eigenvalue weighted by Gasteiger charge is 2.56. The van der Waals surface area contributed by atoms with E-state index in [-0.39, 0.29) is 23.8 Å². The summed E-state index contributed by atoms with van der Waals surface area (Å²) in [4.78, 5) is 32.4. The molecule has 0 spiro atoms. The van der Waals surface area contributed by atoms with Gasteiger partial charge in [-0.05, 0) is 88.0 Å². The Morgan fingerprint density at radius 3 is 2.00 bits per heavy atom. The van der Waals surface area contributed by atoms with Gasteiger partial charge in [-0.25, -0.2) is 0 Å². The number of ether oxygens (including phenoxy) is 1. The number of halogens is 1. The maximum Gasteiger partial charge on any atom is 0.316 e. The van der Waals surface area contributed by atoms with E-state index in [2.05, 4.69) is 47.9 Å². The Balaban J connectivity index is 1.39. The summed E-state index contributed by atoms with van der Waals surface area (Å²) in [5, 5.41) is 0.662. The second-order valence-electron chi connectivity index (χ2n) is 12.1. The molecular weight excluding hydrogens is 544 g/mol. The van der Waals surface area contributed by atoms with E-state index in [9.17, 15) is 9.59 Å². The second-order valence-corrected chi connectivity index (χ2v) is 12.6. The fraction of sp³-hybridized carbons (Fsp3) is 0.444. The third-order valence-corrected chi connectivity index (χ3v) is 9.69. The minimum absolute atomic E-state index is 0.120. The van der Waals surface area contributed by atoms with Gasteiger partial charge in [0.05, 0.1) is 12.0 Å². The minimum atomic E-state index is -0.723. The number of nitrogens with zero attached hydrogens (tertiary/aromatic N) is 2. The Kier molecular flexibility index (Phi) is 9.39. The van der Waals surface area contributed by atoms with E-state index < -0.39 is 10.8 Å². The summed E-state index contributed by atoms with van der Waals surface area (Å²) in [5.74, 6) is 0.182. The number of likely N-dealkylation sites (tertiary alicyclic amines) is 2. The third kappa shape index (κ3) is 5.61. The number of carbonyl (C=O) groups excluding carboxylic acids is 2. The summed E-state index contributed by atoms with van der Waals surface area (Å²) >= 11 is 6.19. The van der Waals surface area contributed by atoms with Gasteiger partial charge in [0, 0.05) is 23.5 Å². The second kappa shape index (κ2) is 13.0. The van der Waals surface area contributed by atoms with Crippen LogP contribution in [-0.4, -0.2) is 60.5 Å². The van der Waals surface area contributed by atoms with Gasteiger partial charge in [-0.15, -0.1) is 0 Å². The van der Waals surface area contributed by atoms with Crippen LogP contribution in [0, 0.1) is 5.92 Å². The van der Waals surface area contributed by atoms with Gasteiger partial charge in [0.1, 0.15) is 5.41 Å². The van der Waals surface area contributed by atoms with Crippen LogP contribution < -0.4 is 0 Å². The lowest BCUT2D eigenvalue weighted by molar-refractivity contribution is -0.153. The van der Waals surface area contributed by atoms with Crippen molar-refractivity contribution >= 4 is 23.5 Å². The number of hydrogen-bond acceptors (Lipinski definition) is 4. The van der Waals surface area contributed by atoms with Crippen LogP contribution in [0.15, 0.2) is 84.9 Å². The van der Waals surface area contributed by atoms with Crippen LogP contribution in [0.2, 0.25) is 5.02 Å². The van der Waals surface area contributed by atoms with E-state index in [0.29, 0.717) is 24.5 Å². The van der Waals surface area contributed by atoms with E-state index >= 15 is 0 Å². The Hall–Kier alpha value is -3.15. The van der Waals surface area contributed by atoms with Crippen LogP contribution >= 0.6 is 11.6 Å². The molecule has 0 saturated carbocycles. The lowest BCUT2D eigenvalue weighted by Gasteiger charge is -2.41. The topological polar surface area (TPSA) is 49.9 Å². The van der Waals surface area contributed by atoms with Gasteiger partial charge in [0.25, 0.3) is 0 Å². The fourth-order valence-corrected chi connectivity index (χ4v) is 7.23. The highest BCUT2D eigenvalue weighted by Crippen LogP contribution is 2.48. The summed E-state index contributed by atoms with van der Waals surface area (Å²) in [6, 6.07) is 28.5. The minimum Gasteiger partial charge on any atom is -0.465 e. The van der Waals surface area contributed by atoms with E-state index in [1.165, 1.54) is 0 Å².